The van der Waals surface area contributed by atoms with Gasteiger partial charge in [0.05, 0.1) is 23.5 Å². The first-order valence-corrected chi connectivity index (χ1v) is 13.0. The SMILES string of the molecule is CCC(=O)N1CCC(C(=O)N(C)[C@@H](c2ccc(N3CCCc4c3cnc3cc(Cl)nn43)cc2)C(F)(F)F)C1. The molecule has 0 spiro atoms. The fraction of sp³-hybridized carbons (Fsp3) is 0.462. The van der Waals surface area contributed by atoms with Gasteiger partial charge in [0.15, 0.2) is 16.8 Å². The average molecular weight is 549 g/mol. The molecule has 8 nitrogen and oxygen atoms in total. The van der Waals surface area contributed by atoms with E-state index in [9.17, 15) is 22.8 Å². The number of nitrogens with zero attached hydrogens (tertiary/aromatic N) is 6. The van der Waals surface area contributed by atoms with Crippen LogP contribution in [0.3, 0.4) is 0 Å². The van der Waals surface area contributed by atoms with E-state index in [0.29, 0.717) is 42.4 Å². The zero-order valence-corrected chi connectivity index (χ0v) is 21.8. The van der Waals surface area contributed by atoms with E-state index in [4.69, 9.17) is 11.6 Å². The van der Waals surface area contributed by atoms with Crippen LogP contribution in [0.4, 0.5) is 24.5 Å². The lowest BCUT2D eigenvalue weighted by Gasteiger charge is -2.33. The van der Waals surface area contributed by atoms with Crippen LogP contribution < -0.4 is 4.90 Å². The third-order valence-corrected chi connectivity index (χ3v) is 7.56. The minimum absolute atomic E-state index is 0.0266. The van der Waals surface area contributed by atoms with Gasteiger partial charge < -0.3 is 14.7 Å². The second kappa shape index (κ2) is 10.1. The number of hydrogen-bond acceptors (Lipinski definition) is 5. The second-order valence-corrected chi connectivity index (χ2v) is 10.1. The van der Waals surface area contributed by atoms with Crippen LogP contribution in [0.2, 0.25) is 5.15 Å². The van der Waals surface area contributed by atoms with E-state index in [-0.39, 0.29) is 18.0 Å². The Kier molecular flexibility index (Phi) is 6.97. The van der Waals surface area contributed by atoms with Gasteiger partial charge >= 0.3 is 6.18 Å². The highest BCUT2D eigenvalue weighted by atomic mass is 35.5. The van der Waals surface area contributed by atoms with Crippen molar-refractivity contribution in [3.63, 3.8) is 0 Å². The summed E-state index contributed by atoms with van der Waals surface area (Å²) < 4.78 is 44.5. The molecular formula is C26H28ClF3N6O2. The molecule has 1 fully saturated rings. The molecule has 1 unspecified atom stereocenters. The number of amides is 2. The summed E-state index contributed by atoms with van der Waals surface area (Å²) in [5.41, 5.74) is 3.08. The average Bonchev–Trinajstić information content (AvgIpc) is 3.54. The molecule has 0 saturated carbocycles. The number of rotatable bonds is 5. The number of benzene rings is 1. The summed E-state index contributed by atoms with van der Waals surface area (Å²) in [6, 6.07) is 5.70. The Hall–Kier alpha value is -3.34. The summed E-state index contributed by atoms with van der Waals surface area (Å²) in [4.78, 5) is 33.8. The van der Waals surface area contributed by atoms with Gasteiger partial charge in [0.2, 0.25) is 11.8 Å². The zero-order valence-electron chi connectivity index (χ0n) is 21.1. The molecule has 2 amide bonds. The number of aromatic nitrogens is 3. The number of anilines is 2. The quantitative estimate of drug-likeness (QED) is 0.458. The van der Waals surface area contributed by atoms with Crippen molar-refractivity contribution in [1.29, 1.82) is 0 Å². The molecule has 0 aliphatic carbocycles. The van der Waals surface area contributed by atoms with Crippen LogP contribution in [-0.2, 0) is 16.0 Å². The number of carbonyl (C=O) groups excluding carboxylic acids is 2. The lowest BCUT2D eigenvalue weighted by molar-refractivity contribution is -0.190. The number of likely N-dealkylation sites (tertiary alicyclic amines) is 1. The summed E-state index contributed by atoms with van der Waals surface area (Å²) in [6.45, 7) is 2.92. The summed E-state index contributed by atoms with van der Waals surface area (Å²) in [6.07, 6.45) is -0.688. The van der Waals surface area contributed by atoms with Gasteiger partial charge in [-0.3, -0.25) is 9.59 Å². The van der Waals surface area contributed by atoms with E-state index in [1.165, 1.54) is 19.2 Å². The first-order chi connectivity index (χ1) is 18.1. The zero-order chi connectivity index (χ0) is 27.2. The fourth-order valence-corrected chi connectivity index (χ4v) is 5.67. The van der Waals surface area contributed by atoms with Gasteiger partial charge in [-0.25, -0.2) is 9.50 Å². The predicted molar refractivity (Wildman–Crippen MR) is 136 cm³/mol. The fourth-order valence-electron chi connectivity index (χ4n) is 5.49. The van der Waals surface area contributed by atoms with Crippen molar-refractivity contribution >= 4 is 40.4 Å². The van der Waals surface area contributed by atoms with E-state index in [1.54, 1.807) is 40.7 Å². The van der Waals surface area contributed by atoms with Crippen molar-refractivity contribution in [3.8, 4) is 0 Å². The van der Waals surface area contributed by atoms with Crippen LogP contribution in [0.1, 0.15) is 43.5 Å². The molecule has 202 valence electrons. The van der Waals surface area contributed by atoms with E-state index in [1.807, 2.05) is 4.90 Å². The van der Waals surface area contributed by atoms with E-state index >= 15 is 0 Å². The molecule has 2 aliphatic heterocycles. The van der Waals surface area contributed by atoms with Crippen LogP contribution in [-0.4, -0.2) is 69.1 Å². The highest BCUT2D eigenvalue weighted by Gasteiger charge is 2.47. The van der Waals surface area contributed by atoms with Gasteiger partial charge in [-0.15, -0.1) is 0 Å². The van der Waals surface area contributed by atoms with Gasteiger partial charge in [0.25, 0.3) is 0 Å². The van der Waals surface area contributed by atoms with Crippen LogP contribution in [0.25, 0.3) is 5.65 Å². The molecule has 0 N–H and O–H groups in total. The lowest BCUT2D eigenvalue weighted by Crippen LogP contribution is -2.43. The van der Waals surface area contributed by atoms with Gasteiger partial charge in [-0.1, -0.05) is 30.7 Å². The molecular weight excluding hydrogens is 521 g/mol. The summed E-state index contributed by atoms with van der Waals surface area (Å²) in [5.74, 6) is -1.36. The lowest BCUT2D eigenvalue weighted by atomic mass is 10.0. The standard InChI is InChI=1S/C26H28ClF3N6O2/c1-3-23(37)34-12-10-17(15-34)25(38)33(2)24(26(28,29)30)16-6-8-18(9-7-16)35-11-4-5-19-20(35)14-31-22-13-21(27)32-36(19)22/h6-9,13-14,17,24H,3-5,10-12,15H2,1-2H3/t17?,24-/m0/s1. The van der Waals surface area contributed by atoms with Crippen molar-refractivity contribution in [3.05, 3.63) is 52.9 Å². The number of hydrogen-bond donors (Lipinski definition) is 0. The topological polar surface area (TPSA) is 74.1 Å². The second-order valence-electron chi connectivity index (χ2n) is 9.75. The van der Waals surface area contributed by atoms with Crippen LogP contribution in [0.5, 0.6) is 0 Å². The summed E-state index contributed by atoms with van der Waals surface area (Å²) in [5, 5.41) is 4.65. The predicted octanol–water partition coefficient (Wildman–Crippen LogP) is 4.79. The number of fused-ring (bicyclic) bond motifs is 3. The third kappa shape index (κ3) is 4.79. The van der Waals surface area contributed by atoms with Crippen molar-refractivity contribution in [1.82, 2.24) is 24.4 Å². The Morgan fingerprint density at radius 2 is 1.95 bits per heavy atom. The number of alkyl halides is 3. The van der Waals surface area contributed by atoms with E-state index in [2.05, 4.69) is 10.1 Å². The third-order valence-electron chi connectivity index (χ3n) is 7.38. The van der Waals surface area contributed by atoms with Gasteiger partial charge in [0.1, 0.15) is 0 Å². The first kappa shape index (κ1) is 26.3. The smallest absolute Gasteiger partial charge is 0.342 e. The Morgan fingerprint density at radius 3 is 2.63 bits per heavy atom. The van der Waals surface area contributed by atoms with Crippen molar-refractivity contribution in [2.24, 2.45) is 5.92 Å². The van der Waals surface area contributed by atoms with Gasteiger partial charge in [-0.2, -0.15) is 18.3 Å². The monoisotopic (exact) mass is 548 g/mol. The minimum Gasteiger partial charge on any atom is -0.342 e. The van der Waals surface area contributed by atoms with Crippen molar-refractivity contribution in [2.75, 3.05) is 31.6 Å². The normalized spacial score (nSPS) is 18.5. The highest BCUT2D eigenvalue weighted by molar-refractivity contribution is 6.29. The summed E-state index contributed by atoms with van der Waals surface area (Å²) >= 11 is 6.06. The van der Waals surface area contributed by atoms with Gasteiger partial charge in [0, 0.05) is 44.9 Å². The van der Waals surface area contributed by atoms with Gasteiger partial charge in [-0.05, 0) is 37.0 Å². The maximum absolute atomic E-state index is 14.3. The maximum atomic E-state index is 14.3. The minimum atomic E-state index is -4.67. The largest absolute Gasteiger partial charge is 0.413 e. The molecule has 2 aromatic heterocycles. The van der Waals surface area contributed by atoms with E-state index in [0.717, 1.165) is 29.1 Å². The number of halogens is 4. The molecule has 0 bridgehead atoms. The van der Waals surface area contributed by atoms with Crippen LogP contribution >= 0.6 is 11.6 Å². The molecule has 1 saturated heterocycles. The molecule has 12 heteroatoms. The molecule has 2 atom stereocenters. The van der Waals surface area contributed by atoms with Crippen molar-refractivity contribution in [2.45, 2.75) is 44.8 Å². The Balaban J connectivity index is 1.39. The maximum Gasteiger partial charge on any atom is 0.413 e. The molecule has 0 radical (unpaired) electrons. The van der Waals surface area contributed by atoms with Crippen molar-refractivity contribution < 1.29 is 22.8 Å². The number of aryl methyl sites for hydroxylation is 1. The molecule has 5 rings (SSSR count). The first-order valence-electron chi connectivity index (χ1n) is 12.6. The number of carbonyl (C=O) groups is 2. The molecule has 2 aliphatic rings. The summed E-state index contributed by atoms with van der Waals surface area (Å²) in [7, 11) is 1.19. The molecule has 3 aromatic rings. The van der Waals surface area contributed by atoms with Crippen LogP contribution in [0.15, 0.2) is 36.5 Å². The molecule has 38 heavy (non-hydrogen) atoms. The Bertz CT molecular complexity index is 1360. The molecule has 4 heterocycles. The highest BCUT2D eigenvalue weighted by Crippen LogP contribution is 2.40. The van der Waals surface area contributed by atoms with E-state index < -0.39 is 24.0 Å². The Morgan fingerprint density at radius 1 is 1.21 bits per heavy atom. The van der Waals surface area contributed by atoms with Crippen LogP contribution in [0, 0.1) is 5.92 Å². The Labute approximate surface area is 223 Å². The molecule has 1 aromatic carbocycles.